The molecule has 6 nitrogen and oxygen atoms in total. The Balaban J connectivity index is 1.63. The maximum Gasteiger partial charge on any atom is 0.222 e. The van der Waals surface area contributed by atoms with Crippen LogP contribution < -0.4 is 0 Å². The van der Waals surface area contributed by atoms with Crippen molar-refractivity contribution in [3.05, 3.63) is 53.6 Å². The molecule has 1 aromatic heterocycles. The highest BCUT2D eigenvalue weighted by Crippen LogP contribution is 2.11. The number of hydrogen-bond donors (Lipinski definition) is 0. The van der Waals surface area contributed by atoms with Crippen molar-refractivity contribution in [2.24, 2.45) is 0 Å². The van der Waals surface area contributed by atoms with E-state index in [2.05, 4.69) is 45.6 Å². The van der Waals surface area contributed by atoms with Gasteiger partial charge < -0.3 is 14.2 Å². The summed E-state index contributed by atoms with van der Waals surface area (Å²) in [6.07, 6.45) is 4.33. The van der Waals surface area contributed by atoms with Crippen LogP contribution in [0.5, 0.6) is 0 Å². The van der Waals surface area contributed by atoms with E-state index in [1.165, 1.54) is 11.1 Å². The number of imidazole rings is 1. The summed E-state index contributed by atoms with van der Waals surface area (Å²) in [5.41, 5.74) is 2.49. The van der Waals surface area contributed by atoms with Crippen LogP contribution in [0.25, 0.3) is 0 Å². The number of amides is 1. The topological polar surface area (TPSA) is 50.6 Å². The van der Waals surface area contributed by atoms with Crippen LogP contribution >= 0.6 is 0 Å². The van der Waals surface area contributed by atoms with Crippen LogP contribution in [0.4, 0.5) is 0 Å². The first-order chi connectivity index (χ1) is 13.2. The van der Waals surface area contributed by atoms with Gasteiger partial charge in [0.15, 0.2) is 0 Å². The highest BCUT2D eigenvalue weighted by atomic mass is 16.5. The van der Waals surface area contributed by atoms with Crippen LogP contribution in [-0.4, -0.2) is 64.7 Å². The van der Waals surface area contributed by atoms with Crippen LogP contribution in [-0.2, 0) is 22.6 Å². The Labute approximate surface area is 161 Å². The normalized spacial score (nSPS) is 15.0. The van der Waals surface area contributed by atoms with Crippen LogP contribution in [0.15, 0.2) is 36.7 Å². The van der Waals surface area contributed by atoms with Crippen molar-refractivity contribution in [2.45, 2.75) is 33.4 Å². The van der Waals surface area contributed by atoms with Gasteiger partial charge >= 0.3 is 0 Å². The molecule has 0 spiro atoms. The molecule has 6 heteroatoms. The van der Waals surface area contributed by atoms with E-state index < -0.39 is 0 Å². The van der Waals surface area contributed by atoms with Crippen molar-refractivity contribution in [3.8, 4) is 0 Å². The molecule has 1 aliphatic rings. The smallest absolute Gasteiger partial charge is 0.222 e. The lowest BCUT2D eigenvalue weighted by Gasteiger charge is -2.30. The monoisotopic (exact) mass is 370 g/mol. The third kappa shape index (κ3) is 5.65. The lowest BCUT2D eigenvalue weighted by atomic mass is 10.1. The van der Waals surface area contributed by atoms with Gasteiger partial charge in [0.25, 0.3) is 0 Å². The summed E-state index contributed by atoms with van der Waals surface area (Å²) >= 11 is 0. The number of carbonyl (C=O) groups excluding carboxylic acids is 1. The second-order valence-electron chi connectivity index (χ2n) is 7.08. The molecule has 146 valence electrons. The van der Waals surface area contributed by atoms with E-state index in [0.717, 1.165) is 51.8 Å². The van der Waals surface area contributed by atoms with Gasteiger partial charge in [0.05, 0.1) is 19.8 Å². The molecule has 1 amide bonds. The summed E-state index contributed by atoms with van der Waals surface area (Å²) in [5, 5.41) is 0. The molecule has 1 saturated heterocycles. The first kappa shape index (κ1) is 19.6. The average Bonchev–Trinajstić information content (AvgIpc) is 3.13. The maximum absolute atomic E-state index is 12.5. The number of rotatable bonds is 8. The quantitative estimate of drug-likeness (QED) is 0.716. The van der Waals surface area contributed by atoms with Gasteiger partial charge in [-0.15, -0.1) is 0 Å². The predicted octanol–water partition coefficient (Wildman–Crippen LogP) is 2.31. The van der Waals surface area contributed by atoms with E-state index in [1.54, 1.807) is 0 Å². The lowest BCUT2D eigenvalue weighted by molar-refractivity contribution is -0.132. The van der Waals surface area contributed by atoms with Crippen molar-refractivity contribution < 1.29 is 9.53 Å². The van der Waals surface area contributed by atoms with Crippen LogP contribution in [0.3, 0.4) is 0 Å². The molecule has 0 atom stereocenters. The molecular weight excluding hydrogens is 340 g/mol. The van der Waals surface area contributed by atoms with E-state index in [0.29, 0.717) is 13.0 Å². The molecule has 0 bridgehead atoms. The van der Waals surface area contributed by atoms with Gasteiger partial charge in [0.2, 0.25) is 5.91 Å². The molecule has 1 aromatic carbocycles. The van der Waals surface area contributed by atoms with Crippen molar-refractivity contribution in [1.29, 1.82) is 0 Å². The van der Waals surface area contributed by atoms with E-state index in [4.69, 9.17) is 4.74 Å². The lowest BCUT2D eigenvalue weighted by Crippen LogP contribution is -2.43. The first-order valence-electron chi connectivity index (χ1n) is 9.79. The summed E-state index contributed by atoms with van der Waals surface area (Å²) in [5.74, 6) is 1.10. The molecule has 2 heterocycles. The minimum absolute atomic E-state index is 0.174. The van der Waals surface area contributed by atoms with Gasteiger partial charge in [-0.05, 0) is 12.5 Å². The van der Waals surface area contributed by atoms with Crippen LogP contribution in [0.1, 0.15) is 30.3 Å². The fraction of sp³-hybridized carbons (Fsp3) is 0.524. The number of aryl methyl sites for hydroxylation is 1. The molecule has 0 aliphatic carbocycles. The van der Waals surface area contributed by atoms with Crippen molar-refractivity contribution in [1.82, 2.24) is 19.4 Å². The number of ether oxygens (including phenoxy) is 1. The number of carbonyl (C=O) groups is 1. The van der Waals surface area contributed by atoms with E-state index in [1.807, 2.05) is 24.2 Å². The Hall–Kier alpha value is -2.18. The second-order valence-corrected chi connectivity index (χ2v) is 7.08. The van der Waals surface area contributed by atoms with Crippen LogP contribution in [0.2, 0.25) is 0 Å². The minimum atomic E-state index is 0.174. The van der Waals surface area contributed by atoms with E-state index in [-0.39, 0.29) is 5.91 Å². The van der Waals surface area contributed by atoms with Gasteiger partial charge in [-0.3, -0.25) is 9.69 Å². The average molecular weight is 370 g/mol. The zero-order chi connectivity index (χ0) is 19.1. The van der Waals surface area contributed by atoms with Gasteiger partial charge in [0.1, 0.15) is 5.82 Å². The third-order valence-corrected chi connectivity index (χ3v) is 5.05. The standard InChI is InChI=1S/C21H30N4O2/c1-3-21(26)25(11-10-23-12-14-27-15-13-23)17-20-22-8-9-24(20)16-19-6-4-18(2)5-7-19/h4-9H,3,10-17H2,1-2H3. The molecule has 2 aromatic rings. The van der Waals surface area contributed by atoms with Crippen molar-refractivity contribution in [3.63, 3.8) is 0 Å². The summed E-state index contributed by atoms with van der Waals surface area (Å²) in [4.78, 5) is 21.3. The number of morpholine rings is 1. The number of hydrogen-bond acceptors (Lipinski definition) is 4. The Bertz CT molecular complexity index is 720. The Morgan fingerprint density at radius 1 is 1.22 bits per heavy atom. The molecule has 0 unspecified atom stereocenters. The molecule has 1 fully saturated rings. The first-order valence-corrected chi connectivity index (χ1v) is 9.79. The van der Waals surface area contributed by atoms with Crippen LogP contribution in [0, 0.1) is 6.92 Å². The highest BCUT2D eigenvalue weighted by molar-refractivity contribution is 5.75. The fourth-order valence-corrected chi connectivity index (χ4v) is 3.30. The molecule has 0 N–H and O–H groups in total. The van der Waals surface area contributed by atoms with E-state index in [9.17, 15) is 4.79 Å². The summed E-state index contributed by atoms with van der Waals surface area (Å²) in [7, 11) is 0. The van der Waals surface area contributed by atoms with E-state index >= 15 is 0 Å². The van der Waals surface area contributed by atoms with Crippen molar-refractivity contribution >= 4 is 5.91 Å². The summed E-state index contributed by atoms with van der Waals surface area (Å²) < 4.78 is 7.54. The number of nitrogens with zero attached hydrogens (tertiary/aromatic N) is 4. The van der Waals surface area contributed by atoms with Crippen molar-refractivity contribution in [2.75, 3.05) is 39.4 Å². The summed E-state index contributed by atoms with van der Waals surface area (Å²) in [6, 6.07) is 8.54. The van der Waals surface area contributed by atoms with Gasteiger partial charge in [0, 0.05) is 51.5 Å². The minimum Gasteiger partial charge on any atom is -0.379 e. The Morgan fingerprint density at radius 3 is 2.67 bits per heavy atom. The molecule has 27 heavy (non-hydrogen) atoms. The van der Waals surface area contributed by atoms with Gasteiger partial charge in [-0.25, -0.2) is 4.98 Å². The molecule has 1 aliphatic heterocycles. The Kier molecular flexibility index (Phi) is 7.01. The SMILES string of the molecule is CCC(=O)N(CCN1CCOCC1)Cc1nccn1Cc1ccc(C)cc1. The van der Waals surface area contributed by atoms with Gasteiger partial charge in [-0.1, -0.05) is 36.8 Å². The number of aromatic nitrogens is 2. The Morgan fingerprint density at radius 2 is 1.96 bits per heavy atom. The molecule has 3 rings (SSSR count). The predicted molar refractivity (Wildman–Crippen MR) is 105 cm³/mol. The second kappa shape index (κ2) is 9.67. The molecular formula is C21H30N4O2. The molecule has 0 saturated carbocycles. The maximum atomic E-state index is 12.5. The fourth-order valence-electron chi connectivity index (χ4n) is 3.30. The zero-order valence-corrected chi connectivity index (χ0v) is 16.4. The zero-order valence-electron chi connectivity index (χ0n) is 16.4. The summed E-state index contributed by atoms with van der Waals surface area (Å²) in [6.45, 7) is 10.4. The molecule has 0 radical (unpaired) electrons. The third-order valence-electron chi connectivity index (χ3n) is 5.05. The largest absolute Gasteiger partial charge is 0.379 e. The van der Waals surface area contributed by atoms with Gasteiger partial charge in [-0.2, -0.15) is 0 Å². The highest BCUT2D eigenvalue weighted by Gasteiger charge is 2.18. The number of benzene rings is 1.